The minimum Gasteiger partial charge on any atom is -0.454 e. The highest BCUT2D eigenvalue weighted by atomic mass is 35.5. The summed E-state index contributed by atoms with van der Waals surface area (Å²) < 4.78 is 5.10. The number of anilines is 1. The summed E-state index contributed by atoms with van der Waals surface area (Å²) >= 11 is 13.3. The lowest BCUT2D eigenvalue weighted by Crippen LogP contribution is -2.47. The zero-order chi connectivity index (χ0) is 18.2. The average molecular weight is 403 g/mol. The molecule has 2 saturated heterocycles. The smallest absolute Gasteiger partial charge is 0.330 e. The van der Waals surface area contributed by atoms with Gasteiger partial charge in [0.1, 0.15) is 6.04 Å². The van der Waals surface area contributed by atoms with Gasteiger partial charge in [0.05, 0.1) is 15.6 Å². The molecule has 2 aliphatic heterocycles. The number of nitrogens with one attached hydrogen (secondary N) is 1. The maximum absolute atomic E-state index is 12.3. The first-order valence-corrected chi connectivity index (χ1v) is 9.42. The van der Waals surface area contributed by atoms with Crippen LogP contribution in [0.15, 0.2) is 18.2 Å². The number of carbonyl (C=O) groups excluding carboxylic acids is 3. The molecule has 0 aliphatic carbocycles. The molecule has 6 nitrogen and oxygen atoms in total. The van der Waals surface area contributed by atoms with E-state index in [1.165, 1.54) is 6.07 Å². The first-order valence-electron chi connectivity index (χ1n) is 7.68. The van der Waals surface area contributed by atoms with E-state index in [2.05, 4.69) is 5.32 Å². The summed E-state index contributed by atoms with van der Waals surface area (Å²) in [6.07, 6.45) is 1.15. The zero-order valence-electron chi connectivity index (χ0n) is 13.4. The van der Waals surface area contributed by atoms with Crippen LogP contribution in [0.5, 0.6) is 0 Å². The number of benzene rings is 1. The van der Waals surface area contributed by atoms with Crippen molar-refractivity contribution in [3.05, 3.63) is 28.2 Å². The number of ether oxygens (including phenoxy) is 1. The van der Waals surface area contributed by atoms with Crippen LogP contribution in [-0.2, 0) is 19.1 Å². The first-order chi connectivity index (χ1) is 11.8. The van der Waals surface area contributed by atoms with Gasteiger partial charge in [0.2, 0.25) is 5.91 Å². The molecule has 0 bridgehead atoms. The number of esters is 1. The predicted octanol–water partition coefficient (Wildman–Crippen LogP) is 2.93. The SMILES string of the molecule is C[C@@]12CCC(=O)N1[C@H](C(=O)OCC(=O)Nc1ccc(Cl)cc1Cl)CS2. The third kappa shape index (κ3) is 3.73. The Morgan fingerprint density at radius 1 is 1.44 bits per heavy atom. The van der Waals surface area contributed by atoms with Crippen molar-refractivity contribution in [1.82, 2.24) is 4.90 Å². The highest BCUT2D eigenvalue weighted by molar-refractivity contribution is 8.01. The van der Waals surface area contributed by atoms with E-state index >= 15 is 0 Å². The van der Waals surface area contributed by atoms with E-state index in [0.29, 0.717) is 22.9 Å². The summed E-state index contributed by atoms with van der Waals surface area (Å²) in [5, 5.41) is 3.29. The van der Waals surface area contributed by atoms with Crippen LogP contribution in [0.2, 0.25) is 10.0 Å². The Hall–Kier alpha value is -1.44. The molecule has 2 aliphatic rings. The topological polar surface area (TPSA) is 75.7 Å². The molecule has 1 aromatic carbocycles. The Labute approximate surface area is 159 Å². The van der Waals surface area contributed by atoms with Crippen LogP contribution in [0.25, 0.3) is 0 Å². The van der Waals surface area contributed by atoms with Crippen molar-refractivity contribution in [3.63, 3.8) is 0 Å². The van der Waals surface area contributed by atoms with Gasteiger partial charge in [0, 0.05) is 17.2 Å². The molecule has 1 N–H and O–H groups in total. The summed E-state index contributed by atoms with van der Waals surface area (Å²) in [5.41, 5.74) is 0.380. The van der Waals surface area contributed by atoms with Gasteiger partial charge in [-0.3, -0.25) is 9.59 Å². The second-order valence-corrected chi connectivity index (χ2v) is 8.39. The highest BCUT2D eigenvalue weighted by Crippen LogP contribution is 2.47. The van der Waals surface area contributed by atoms with Gasteiger partial charge in [-0.1, -0.05) is 23.2 Å². The van der Waals surface area contributed by atoms with E-state index in [9.17, 15) is 14.4 Å². The number of hydrogen-bond donors (Lipinski definition) is 1. The molecule has 0 unspecified atom stereocenters. The van der Waals surface area contributed by atoms with Gasteiger partial charge in [-0.05, 0) is 31.5 Å². The number of rotatable bonds is 4. The molecule has 2 atom stereocenters. The summed E-state index contributed by atoms with van der Waals surface area (Å²) in [6, 6.07) is 4.01. The third-order valence-electron chi connectivity index (χ3n) is 4.27. The Morgan fingerprint density at radius 3 is 2.92 bits per heavy atom. The fraction of sp³-hybridized carbons (Fsp3) is 0.438. The maximum Gasteiger partial charge on any atom is 0.330 e. The molecule has 9 heteroatoms. The standard InChI is InChI=1S/C16H16Cl2N2O4S/c1-16-5-4-14(22)20(16)12(8-25-16)15(23)24-7-13(21)19-11-3-2-9(17)6-10(11)18/h2-3,6,12H,4-5,7-8H2,1H3,(H,19,21)/t12-,16+/m0/s1. The Morgan fingerprint density at radius 2 is 2.20 bits per heavy atom. The first kappa shape index (κ1) is 18.4. The van der Waals surface area contributed by atoms with E-state index < -0.39 is 24.5 Å². The molecule has 2 amide bonds. The number of thioether (sulfide) groups is 1. The molecule has 0 aromatic heterocycles. The molecule has 2 heterocycles. The Kier molecular flexibility index (Phi) is 5.18. The molecule has 3 rings (SSSR count). The minimum atomic E-state index is -0.642. The molecule has 25 heavy (non-hydrogen) atoms. The minimum absolute atomic E-state index is 0.0492. The summed E-state index contributed by atoms with van der Waals surface area (Å²) in [5.74, 6) is -0.652. The second-order valence-electron chi connectivity index (χ2n) is 6.05. The van der Waals surface area contributed by atoms with E-state index in [-0.39, 0.29) is 15.8 Å². The van der Waals surface area contributed by atoms with Crippen molar-refractivity contribution in [1.29, 1.82) is 0 Å². The Bertz CT molecular complexity index is 745. The number of halogens is 2. The van der Waals surface area contributed by atoms with E-state index in [4.69, 9.17) is 27.9 Å². The van der Waals surface area contributed by atoms with Crippen LogP contribution in [-0.4, -0.2) is 46.0 Å². The number of amides is 2. The fourth-order valence-corrected chi connectivity index (χ4v) is 4.88. The van der Waals surface area contributed by atoms with Crippen LogP contribution in [0.3, 0.4) is 0 Å². The van der Waals surface area contributed by atoms with Crippen LogP contribution in [0.1, 0.15) is 19.8 Å². The molecule has 0 radical (unpaired) electrons. The van der Waals surface area contributed by atoms with Gasteiger partial charge in [-0.2, -0.15) is 0 Å². The average Bonchev–Trinajstić information content (AvgIpc) is 3.04. The van der Waals surface area contributed by atoms with Crippen molar-refractivity contribution in [3.8, 4) is 0 Å². The van der Waals surface area contributed by atoms with Gasteiger partial charge in [-0.15, -0.1) is 11.8 Å². The van der Waals surface area contributed by atoms with Gasteiger partial charge in [0.15, 0.2) is 6.61 Å². The predicted molar refractivity (Wildman–Crippen MR) is 96.8 cm³/mol. The largest absolute Gasteiger partial charge is 0.454 e. The van der Waals surface area contributed by atoms with Crippen LogP contribution >= 0.6 is 35.0 Å². The number of hydrogen-bond acceptors (Lipinski definition) is 5. The summed E-state index contributed by atoms with van der Waals surface area (Å²) in [7, 11) is 0. The number of carbonyl (C=O) groups is 3. The molecule has 134 valence electrons. The molecular formula is C16H16Cl2N2O4S. The quantitative estimate of drug-likeness (QED) is 0.783. The third-order valence-corrected chi connectivity index (χ3v) is 6.32. The van der Waals surface area contributed by atoms with E-state index in [0.717, 1.165) is 6.42 Å². The molecule has 0 spiro atoms. The van der Waals surface area contributed by atoms with Gasteiger partial charge in [-0.25, -0.2) is 4.79 Å². The molecule has 0 saturated carbocycles. The van der Waals surface area contributed by atoms with Gasteiger partial charge >= 0.3 is 5.97 Å². The molecular weight excluding hydrogens is 387 g/mol. The lowest BCUT2D eigenvalue weighted by Gasteiger charge is -2.29. The number of nitrogens with zero attached hydrogens (tertiary/aromatic N) is 1. The van der Waals surface area contributed by atoms with Crippen molar-refractivity contribution in [2.75, 3.05) is 17.7 Å². The normalized spacial score (nSPS) is 25.0. The maximum atomic E-state index is 12.3. The lowest BCUT2D eigenvalue weighted by molar-refractivity contribution is -0.155. The van der Waals surface area contributed by atoms with Gasteiger partial charge < -0.3 is 15.0 Å². The summed E-state index contributed by atoms with van der Waals surface area (Å²) in [4.78, 5) is 37.5. The fourth-order valence-electron chi connectivity index (χ4n) is 3.01. The monoisotopic (exact) mass is 402 g/mol. The highest BCUT2D eigenvalue weighted by Gasteiger charge is 2.53. The van der Waals surface area contributed by atoms with Crippen molar-refractivity contribution in [2.24, 2.45) is 0 Å². The van der Waals surface area contributed by atoms with E-state index in [1.807, 2.05) is 6.92 Å². The zero-order valence-corrected chi connectivity index (χ0v) is 15.7. The van der Waals surface area contributed by atoms with Crippen molar-refractivity contribution >= 4 is 58.4 Å². The molecule has 1 aromatic rings. The molecule has 2 fully saturated rings. The van der Waals surface area contributed by atoms with Crippen molar-refractivity contribution < 1.29 is 19.1 Å². The lowest BCUT2D eigenvalue weighted by atomic mass is 10.2. The van der Waals surface area contributed by atoms with Gasteiger partial charge in [0.25, 0.3) is 5.91 Å². The van der Waals surface area contributed by atoms with Crippen LogP contribution in [0, 0.1) is 0 Å². The van der Waals surface area contributed by atoms with E-state index in [1.54, 1.807) is 28.8 Å². The second kappa shape index (κ2) is 7.05. The Balaban J connectivity index is 1.55. The van der Waals surface area contributed by atoms with Crippen LogP contribution < -0.4 is 5.32 Å². The van der Waals surface area contributed by atoms with Crippen molar-refractivity contribution in [2.45, 2.75) is 30.7 Å². The number of fused-ring (bicyclic) bond motifs is 1. The summed E-state index contributed by atoms with van der Waals surface area (Å²) in [6.45, 7) is 1.50. The van der Waals surface area contributed by atoms with Crippen LogP contribution in [0.4, 0.5) is 5.69 Å².